The molecule has 1 unspecified atom stereocenters. The second-order valence-electron chi connectivity index (χ2n) is 7.02. The summed E-state index contributed by atoms with van der Waals surface area (Å²) in [5.74, 6) is -0.0161. The Hall–Kier alpha value is -2.77. The smallest absolute Gasteiger partial charge is 0.256 e. The van der Waals surface area contributed by atoms with Gasteiger partial charge in [0.2, 0.25) is 11.8 Å². The van der Waals surface area contributed by atoms with Gasteiger partial charge in [-0.2, -0.15) is 0 Å². The fourth-order valence-corrected chi connectivity index (χ4v) is 3.86. The SMILES string of the molecule is C.CC.O=CC1CCN(c2ccc3c(n2)CN(C2CCC(=O)NC2=O)C3=O)CC1. The van der Waals surface area contributed by atoms with Crippen molar-refractivity contribution < 1.29 is 19.2 Å². The third-order valence-corrected chi connectivity index (χ3v) is 5.41. The fourth-order valence-electron chi connectivity index (χ4n) is 3.86. The Bertz CT molecular complexity index is 787. The summed E-state index contributed by atoms with van der Waals surface area (Å²) in [6.07, 6.45) is 3.22. The molecule has 0 saturated carbocycles. The number of pyridine rings is 1. The average Bonchev–Trinajstić information content (AvgIpc) is 3.05. The number of nitrogens with one attached hydrogen (secondary N) is 1. The van der Waals surface area contributed by atoms with E-state index in [0.29, 0.717) is 17.7 Å². The normalized spacial score (nSPS) is 21.6. The Labute approximate surface area is 171 Å². The zero-order chi connectivity index (χ0) is 20.3. The van der Waals surface area contributed by atoms with E-state index in [1.54, 1.807) is 6.07 Å². The molecule has 0 aliphatic carbocycles. The summed E-state index contributed by atoms with van der Waals surface area (Å²) in [5, 5.41) is 2.30. The van der Waals surface area contributed by atoms with Gasteiger partial charge in [0.15, 0.2) is 0 Å². The molecule has 0 aromatic carbocycles. The standard InChI is InChI=1S/C18H20N4O4.C2H6.CH4/c23-10-11-5-7-21(8-6-11)15-3-1-12-13(19-15)9-22(18(12)26)14-2-4-16(24)20-17(14)25;1-2;/h1,3,10-11,14H,2,4-9H2,(H,20,24,25);1-2H3;1H4. The quantitative estimate of drug-likeness (QED) is 0.612. The highest BCUT2D eigenvalue weighted by molar-refractivity contribution is 6.05. The average molecular weight is 402 g/mol. The number of carbonyl (C=O) groups is 4. The van der Waals surface area contributed by atoms with Gasteiger partial charge in [0.1, 0.15) is 18.1 Å². The number of anilines is 1. The summed E-state index contributed by atoms with van der Waals surface area (Å²) in [6, 6.07) is 2.96. The first-order valence-electron chi connectivity index (χ1n) is 9.91. The van der Waals surface area contributed by atoms with Crippen molar-refractivity contribution in [3.8, 4) is 0 Å². The summed E-state index contributed by atoms with van der Waals surface area (Å²) in [6.45, 7) is 5.80. The number of fused-ring (bicyclic) bond motifs is 1. The van der Waals surface area contributed by atoms with Crippen molar-refractivity contribution >= 4 is 29.8 Å². The van der Waals surface area contributed by atoms with Crippen LogP contribution in [0.25, 0.3) is 0 Å². The van der Waals surface area contributed by atoms with Crippen molar-refractivity contribution in [2.75, 3.05) is 18.0 Å². The first-order valence-corrected chi connectivity index (χ1v) is 9.91. The summed E-state index contributed by atoms with van der Waals surface area (Å²) in [5.41, 5.74) is 1.18. The highest BCUT2D eigenvalue weighted by Gasteiger charge is 2.40. The van der Waals surface area contributed by atoms with Crippen LogP contribution in [-0.2, 0) is 20.9 Å². The zero-order valence-electron chi connectivity index (χ0n) is 16.3. The molecule has 3 aliphatic heterocycles. The van der Waals surface area contributed by atoms with Crippen LogP contribution in [0.15, 0.2) is 12.1 Å². The molecule has 1 aromatic heterocycles. The van der Waals surface area contributed by atoms with Crippen LogP contribution in [-0.4, -0.2) is 53.0 Å². The number of hydrogen-bond donors (Lipinski definition) is 1. The van der Waals surface area contributed by atoms with E-state index in [-0.39, 0.29) is 38.1 Å². The number of imide groups is 1. The highest BCUT2D eigenvalue weighted by atomic mass is 16.2. The molecule has 4 heterocycles. The van der Waals surface area contributed by atoms with E-state index >= 15 is 0 Å². The first kappa shape index (κ1) is 22.5. The Kier molecular flexibility index (Phi) is 7.47. The third kappa shape index (κ3) is 4.46. The van der Waals surface area contributed by atoms with E-state index in [2.05, 4.69) is 15.2 Å². The molecule has 3 amide bonds. The first-order chi connectivity index (χ1) is 13.6. The van der Waals surface area contributed by atoms with Gasteiger partial charge in [-0.1, -0.05) is 21.3 Å². The van der Waals surface area contributed by atoms with Crippen molar-refractivity contribution in [1.82, 2.24) is 15.2 Å². The van der Waals surface area contributed by atoms with Crippen LogP contribution in [0, 0.1) is 5.92 Å². The number of nitrogens with zero attached hydrogens (tertiary/aromatic N) is 3. The summed E-state index contributed by atoms with van der Waals surface area (Å²) >= 11 is 0. The second-order valence-corrected chi connectivity index (χ2v) is 7.02. The Morgan fingerprint density at radius 2 is 1.79 bits per heavy atom. The number of piperidine rings is 2. The van der Waals surface area contributed by atoms with E-state index in [4.69, 9.17) is 0 Å². The minimum atomic E-state index is -0.624. The van der Waals surface area contributed by atoms with Gasteiger partial charge in [0, 0.05) is 25.4 Å². The van der Waals surface area contributed by atoms with Crippen LogP contribution in [0.2, 0.25) is 0 Å². The molecule has 8 nitrogen and oxygen atoms in total. The topological polar surface area (TPSA) is 99.7 Å². The summed E-state index contributed by atoms with van der Waals surface area (Å²) < 4.78 is 0. The lowest BCUT2D eigenvalue weighted by atomic mass is 9.98. The number of carbonyl (C=O) groups excluding carboxylic acids is 4. The summed E-state index contributed by atoms with van der Waals surface area (Å²) in [7, 11) is 0. The second kappa shape index (κ2) is 9.62. The Balaban J connectivity index is 0.000000970. The molecule has 1 N–H and O–H groups in total. The van der Waals surface area contributed by atoms with Gasteiger partial charge < -0.3 is 14.6 Å². The number of amides is 3. The molecule has 1 aromatic rings. The molecular formula is C21H30N4O4. The van der Waals surface area contributed by atoms with Crippen LogP contribution in [0.3, 0.4) is 0 Å². The maximum absolute atomic E-state index is 12.7. The molecule has 0 radical (unpaired) electrons. The van der Waals surface area contributed by atoms with Crippen molar-refractivity contribution in [2.45, 2.75) is 59.5 Å². The molecule has 2 saturated heterocycles. The molecule has 8 heteroatoms. The Morgan fingerprint density at radius 3 is 2.41 bits per heavy atom. The van der Waals surface area contributed by atoms with E-state index < -0.39 is 11.9 Å². The van der Waals surface area contributed by atoms with Gasteiger partial charge in [0.05, 0.1) is 17.8 Å². The molecule has 2 fully saturated rings. The van der Waals surface area contributed by atoms with E-state index in [1.807, 2.05) is 19.9 Å². The maximum atomic E-state index is 12.7. The van der Waals surface area contributed by atoms with Gasteiger partial charge in [0.25, 0.3) is 5.91 Å². The fraction of sp³-hybridized carbons (Fsp3) is 0.571. The van der Waals surface area contributed by atoms with E-state index in [0.717, 1.165) is 38.0 Å². The number of aromatic nitrogens is 1. The van der Waals surface area contributed by atoms with Crippen molar-refractivity contribution in [3.63, 3.8) is 0 Å². The molecule has 0 spiro atoms. The van der Waals surface area contributed by atoms with Crippen LogP contribution < -0.4 is 10.2 Å². The van der Waals surface area contributed by atoms with Crippen LogP contribution in [0.1, 0.15) is 63.0 Å². The molecule has 4 rings (SSSR count). The van der Waals surface area contributed by atoms with Gasteiger partial charge in [-0.05, 0) is 31.4 Å². The predicted octanol–water partition coefficient (Wildman–Crippen LogP) is 1.92. The molecule has 0 bridgehead atoms. The van der Waals surface area contributed by atoms with E-state index in [9.17, 15) is 19.2 Å². The minimum absolute atomic E-state index is 0. The molecule has 3 aliphatic rings. The van der Waals surface area contributed by atoms with Crippen LogP contribution in [0.5, 0.6) is 0 Å². The molecular weight excluding hydrogens is 372 g/mol. The Morgan fingerprint density at radius 1 is 1.10 bits per heavy atom. The van der Waals surface area contributed by atoms with Gasteiger partial charge >= 0.3 is 0 Å². The lowest BCUT2D eigenvalue weighted by Crippen LogP contribution is -2.52. The third-order valence-electron chi connectivity index (χ3n) is 5.41. The lowest BCUT2D eigenvalue weighted by Gasteiger charge is -2.30. The minimum Gasteiger partial charge on any atom is -0.357 e. The van der Waals surface area contributed by atoms with Crippen molar-refractivity contribution in [2.24, 2.45) is 5.92 Å². The van der Waals surface area contributed by atoms with Crippen LogP contribution in [0.4, 0.5) is 5.82 Å². The molecule has 1 atom stereocenters. The maximum Gasteiger partial charge on any atom is 0.256 e. The predicted molar refractivity (Wildman–Crippen MR) is 109 cm³/mol. The molecule has 158 valence electrons. The van der Waals surface area contributed by atoms with Gasteiger partial charge in [-0.3, -0.25) is 19.7 Å². The largest absolute Gasteiger partial charge is 0.357 e. The summed E-state index contributed by atoms with van der Waals surface area (Å²) in [4.78, 5) is 55.2. The van der Waals surface area contributed by atoms with Gasteiger partial charge in [-0.15, -0.1) is 0 Å². The van der Waals surface area contributed by atoms with E-state index in [1.165, 1.54) is 4.90 Å². The zero-order valence-corrected chi connectivity index (χ0v) is 16.3. The highest BCUT2D eigenvalue weighted by Crippen LogP contribution is 2.29. The molecule has 29 heavy (non-hydrogen) atoms. The van der Waals surface area contributed by atoms with Crippen molar-refractivity contribution in [3.05, 3.63) is 23.4 Å². The van der Waals surface area contributed by atoms with Gasteiger partial charge in [-0.25, -0.2) is 4.98 Å². The number of rotatable bonds is 3. The van der Waals surface area contributed by atoms with Crippen LogP contribution >= 0.6 is 0 Å². The number of hydrogen-bond acceptors (Lipinski definition) is 6. The number of aldehydes is 1. The lowest BCUT2D eigenvalue weighted by molar-refractivity contribution is -0.136. The monoisotopic (exact) mass is 402 g/mol. The van der Waals surface area contributed by atoms with Crippen molar-refractivity contribution in [1.29, 1.82) is 0 Å².